The summed E-state index contributed by atoms with van der Waals surface area (Å²) in [6.07, 6.45) is -4.52. The average molecular weight is 257 g/mol. The van der Waals surface area contributed by atoms with Crippen LogP contribution in [-0.2, 0) is 6.18 Å². The third-order valence-corrected chi connectivity index (χ3v) is 2.40. The van der Waals surface area contributed by atoms with Crippen molar-refractivity contribution in [3.05, 3.63) is 29.6 Å². The predicted octanol–water partition coefficient (Wildman–Crippen LogP) is 2.28. The molecule has 1 aromatic carbocycles. The second-order valence-electron chi connectivity index (χ2n) is 4.01. The molecule has 0 saturated carbocycles. The zero-order valence-corrected chi connectivity index (χ0v) is 9.67. The van der Waals surface area contributed by atoms with Gasteiger partial charge in [-0.1, -0.05) is 0 Å². The summed E-state index contributed by atoms with van der Waals surface area (Å²) in [5, 5.41) is 0. The van der Waals surface area contributed by atoms with Crippen molar-refractivity contribution in [2.24, 2.45) is 0 Å². The molecule has 0 saturated heterocycles. The van der Waals surface area contributed by atoms with Crippen molar-refractivity contribution in [3.63, 3.8) is 0 Å². The Morgan fingerprint density at radius 3 is 2.56 bits per heavy atom. The molecule has 1 heterocycles. The van der Waals surface area contributed by atoms with Gasteiger partial charge < -0.3 is 9.88 Å². The van der Waals surface area contributed by atoms with Crippen LogP contribution in [0.2, 0.25) is 0 Å². The van der Waals surface area contributed by atoms with Crippen molar-refractivity contribution >= 4 is 16.9 Å². The third kappa shape index (κ3) is 2.15. The SMILES string of the molecule is CN(C)C(=O)c1ccc2nc(C(F)(F)F)[nH]c2c1. The molecule has 7 heteroatoms. The average Bonchev–Trinajstić information content (AvgIpc) is 2.69. The highest BCUT2D eigenvalue weighted by molar-refractivity contribution is 5.97. The molecule has 1 aromatic heterocycles. The second kappa shape index (κ2) is 4.01. The van der Waals surface area contributed by atoms with Crippen LogP contribution in [0.3, 0.4) is 0 Å². The van der Waals surface area contributed by atoms with E-state index in [0.717, 1.165) is 0 Å². The van der Waals surface area contributed by atoms with Crippen LogP contribution in [0.15, 0.2) is 18.2 Å². The van der Waals surface area contributed by atoms with E-state index in [1.807, 2.05) is 0 Å². The number of alkyl halides is 3. The van der Waals surface area contributed by atoms with Gasteiger partial charge in [-0.25, -0.2) is 4.98 Å². The molecule has 0 aliphatic carbocycles. The fourth-order valence-corrected chi connectivity index (χ4v) is 1.54. The molecule has 2 rings (SSSR count). The third-order valence-electron chi connectivity index (χ3n) is 2.40. The molecule has 4 nitrogen and oxygen atoms in total. The summed E-state index contributed by atoms with van der Waals surface area (Å²) in [6, 6.07) is 4.20. The van der Waals surface area contributed by atoms with Gasteiger partial charge in [0.2, 0.25) is 5.82 Å². The van der Waals surface area contributed by atoms with Crippen LogP contribution in [0.5, 0.6) is 0 Å². The number of carbonyl (C=O) groups excluding carboxylic acids is 1. The van der Waals surface area contributed by atoms with Gasteiger partial charge in [-0.3, -0.25) is 4.79 Å². The summed E-state index contributed by atoms with van der Waals surface area (Å²) in [5.74, 6) is -1.34. The smallest absolute Gasteiger partial charge is 0.345 e. The Kier molecular flexibility index (Phi) is 2.76. The second-order valence-corrected chi connectivity index (χ2v) is 4.01. The quantitative estimate of drug-likeness (QED) is 0.852. The lowest BCUT2D eigenvalue weighted by Crippen LogP contribution is -2.21. The number of aromatic amines is 1. The number of hydrogen-bond donors (Lipinski definition) is 1. The van der Waals surface area contributed by atoms with Gasteiger partial charge in [0.1, 0.15) is 0 Å². The van der Waals surface area contributed by atoms with Crippen molar-refractivity contribution in [3.8, 4) is 0 Å². The van der Waals surface area contributed by atoms with Gasteiger partial charge in [0.25, 0.3) is 5.91 Å². The number of amides is 1. The lowest BCUT2D eigenvalue weighted by Gasteiger charge is -2.09. The Morgan fingerprint density at radius 2 is 2.00 bits per heavy atom. The summed E-state index contributed by atoms with van der Waals surface area (Å²) < 4.78 is 37.3. The van der Waals surface area contributed by atoms with Crippen LogP contribution in [0, 0.1) is 0 Å². The fourth-order valence-electron chi connectivity index (χ4n) is 1.54. The molecule has 1 N–H and O–H groups in total. The molecule has 0 aliphatic heterocycles. The number of halogens is 3. The molecule has 0 fully saturated rings. The minimum absolute atomic E-state index is 0.178. The van der Waals surface area contributed by atoms with Crippen LogP contribution in [0.4, 0.5) is 13.2 Å². The summed E-state index contributed by atoms with van der Waals surface area (Å²) >= 11 is 0. The molecular weight excluding hydrogens is 247 g/mol. The van der Waals surface area contributed by atoms with Crippen LogP contribution >= 0.6 is 0 Å². The molecule has 0 bridgehead atoms. The summed E-state index contributed by atoms with van der Waals surface area (Å²) in [6.45, 7) is 0. The van der Waals surface area contributed by atoms with Gasteiger partial charge in [0.05, 0.1) is 11.0 Å². The zero-order valence-electron chi connectivity index (χ0n) is 9.67. The topological polar surface area (TPSA) is 49.0 Å². The minimum atomic E-state index is -4.52. The first kappa shape index (κ1) is 12.4. The summed E-state index contributed by atoms with van der Waals surface area (Å²) in [5.41, 5.74) is 0.678. The summed E-state index contributed by atoms with van der Waals surface area (Å²) in [7, 11) is 3.14. The standard InChI is InChI=1S/C11H10F3N3O/c1-17(2)9(18)6-3-4-7-8(5-6)16-10(15-7)11(12,13)14/h3-5H,1-2H3,(H,15,16). The largest absolute Gasteiger partial charge is 0.449 e. The van der Waals surface area contributed by atoms with Gasteiger partial charge in [-0.05, 0) is 18.2 Å². The fraction of sp³-hybridized carbons (Fsp3) is 0.273. The van der Waals surface area contributed by atoms with E-state index in [4.69, 9.17) is 0 Å². The van der Waals surface area contributed by atoms with Crippen LogP contribution in [0.1, 0.15) is 16.2 Å². The molecule has 0 aliphatic rings. The monoisotopic (exact) mass is 257 g/mol. The highest BCUT2D eigenvalue weighted by atomic mass is 19.4. The normalized spacial score (nSPS) is 11.8. The number of nitrogens with one attached hydrogen (secondary N) is 1. The van der Waals surface area contributed by atoms with Crippen molar-refractivity contribution in [1.29, 1.82) is 0 Å². The number of fused-ring (bicyclic) bond motifs is 1. The number of nitrogens with zero attached hydrogens (tertiary/aromatic N) is 2. The minimum Gasteiger partial charge on any atom is -0.345 e. The van der Waals surface area contributed by atoms with Crippen LogP contribution in [0.25, 0.3) is 11.0 Å². The Hall–Kier alpha value is -2.05. The molecule has 0 spiro atoms. The number of imidazole rings is 1. The van der Waals surface area contributed by atoms with Crippen molar-refractivity contribution in [2.45, 2.75) is 6.18 Å². The van der Waals surface area contributed by atoms with Gasteiger partial charge >= 0.3 is 6.18 Å². The highest BCUT2D eigenvalue weighted by Crippen LogP contribution is 2.28. The summed E-state index contributed by atoms with van der Waals surface area (Å²) in [4.78, 5) is 18.6. The molecule has 0 atom stereocenters. The van der Waals surface area contributed by atoms with E-state index in [0.29, 0.717) is 5.56 Å². The molecule has 0 unspecified atom stereocenters. The number of benzene rings is 1. The maximum Gasteiger partial charge on any atom is 0.449 e. The lowest BCUT2D eigenvalue weighted by molar-refractivity contribution is -0.144. The van der Waals surface area contributed by atoms with Crippen molar-refractivity contribution in [2.75, 3.05) is 14.1 Å². The molecule has 18 heavy (non-hydrogen) atoms. The molecule has 2 aromatic rings. The number of aromatic nitrogens is 2. The molecule has 0 radical (unpaired) electrons. The van der Waals surface area contributed by atoms with Gasteiger partial charge in [0, 0.05) is 19.7 Å². The zero-order chi connectivity index (χ0) is 13.5. The number of carbonyl (C=O) groups is 1. The van der Waals surface area contributed by atoms with Gasteiger partial charge in [-0.2, -0.15) is 13.2 Å². The van der Waals surface area contributed by atoms with E-state index >= 15 is 0 Å². The van der Waals surface area contributed by atoms with E-state index in [9.17, 15) is 18.0 Å². The number of rotatable bonds is 1. The maximum atomic E-state index is 12.4. The van der Waals surface area contributed by atoms with Gasteiger partial charge in [0.15, 0.2) is 0 Å². The van der Waals surface area contributed by atoms with Gasteiger partial charge in [-0.15, -0.1) is 0 Å². The number of H-pyrrole nitrogens is 1. The van der Waals surface area contributed by atoms with E-state index in [1.54, 1.807) is 14.1 Å². The highest BCUT2D eigenvalue weighted by Gasteiger charge is 2.34. The van der Waals surface area contributed by atoms with Crippen LogP contribution < -0.4 is 0 Å². The first-order chi connectivity index (χ1) is 8.29. The van der Waals surface area contributed by atoms with Crippen molar-refractivity contribution in [1.82, 2.24) is 14.9 Å². The van der Waals surface area contributed by atoms with Crippen molar-refractivity contribution < 1.29 is 18.0 Å². The first-order valence-electron chi connectivity index (χ1n) is 5.07. The van der Waals surface area contributed by atoms with E-state index in [1.165, 1.54) is 23.1 Å². The maximum absolute atomic E-state index is 12.4. The molecule has 96 valence electrons. The Balaban J connectivity index is 2.49. The van der Waals surface area contributed by atoms with E-state index in [2.05, 4.69) is 9.97 Å². The Bertz CT molecular complexity index is 601. The van der Waals surface area contributed by atoms with E-state index < -0.39 is 12.0 Å². The van der Waals surface area contributed by atoms with Crippen LogP contribution in [-0.4, -0.2) is 34.9 Å². The van der Waals surface area contributed by atoms with E-state index in [-0.39, 0.29) is 16.9 Å². The Labute approximate surface area is 100 Å². The lowest BCUT2D eigenvalue weighted by atomic mass is 10.2. The number of hydrogen-bond acceptors (Lipinski definition) is 2. The molecular formula is C11H10F3N3O. The molecule has 1 amide bonds. The Morgan fingerprint density at radius 1 is 1.33 bits per heavy atom. The first-order valence-corrected chi connectivity index (χ1v) is 5.07. The predicted molar refractivity (Wildman–Crippen MR) is 59.1 cm³/mol.